The zero-order valence-electron chi connectivity index (χ0n) is 9.49. The first kappa shape index (κ1) is 13.3. The number of aromatic nitrogens is 1. The SMILES string of the molecule is Cc1cc(NS(=O)(=O)CC(C)C)cnc1Cl. The van der Waals surface area contributed by atoms with Crippen molar-refractivity contribution in [3.63, 3.8) is 0 Å². The molecule has 0 unspecified atom stereocenters. The monoisotopic (exact) mass is 262 g/mol. The van der Waals surface area contributed by atoms with Crippen LogP contribution in [-0.2, 0) is 10.0 Å². The average molecular weight is 263 g/mol. The van der Waals surface area contributed by atoms with Crippen molar-refractivity contribution in [1.29, 1.82) is 0 Å². The molecule has 1 rings (SSSR count). The standard InChI is InChI=1S/C10H15ClN2O2S/c1-7(2)6-16(14,15)13-9-4-8(3)10(11)12-5-9/h4-5,7,13H,6H2,1-3H3. The molecular weight excluding hydrogens is 248 g/mol. The number of aryl methyl sites for hydroxylation is 1. The smallest absolute Gasteiger partial charge is 0.233 e. The minimum atomic E-state index is -3.30. The Morgan fingerprint density at radius 2 is 2.12 bits per heavy atom. The van der Waals surface area contributed by atoms with Gasteiger partial charge in [0.25, 0.3) is 0 Å². The van der Waals surface area contributed by atoms with E-state index in [0.717, 1.165) is 5.56 Å². The molecule has 0 atom stereocenters. The van der Waals surface area contributed by atoms with Crippen molar-refractivity contribution >= 4 is 27.3 Å². The highest BCUT2D eigenvalue weighted by Gasteiger charge is 2.13. The molecule has 1 aromatic rings. The van der Waals surface area contributed by atoms with E-state index in [0.29, 0.717) is 10.8 Å². The Labute approximate surface area is 101 Å². The highest BCUT2D eigenvalue weighted by molar-refractivity contribution is 7.92. The van der Waals surface area contributed by atoms with E-state index in [-0.39, 0.29) is 11.7 Å². The van der Waals surface area contributed by atoms with E-state index in [9.17, 15) is 8.42 Å². The molecule has 1 heterocycles. The van der Waals surface area contributed by atoms with Crippen LogP contribution in [0, 0.1) is 12.8 Å². The van der Waals surface area contributed by atoms with Crippen molar-refractivity contribution in [1.82, 2.24) is 4.98 Å². The summed E-state index contributed by atoms with van der Waals surface area (Å²) in [5, 5.41) is 0.381. The van der Waals surface area contributed by atoms with Gasteiger partial charge in [-0.05, 0) is 24.5 Å². The Morgan fingerprint density at radius 3 is 2.62 bits per heavy atom. The van der Waals surface area contributed by atoms with Crippen LogP contribution in [0.5, 0.6) is 0 Å². The van der Waals surface area contributed by atoms with Crippen LogP contribution in [0.25, 0.3) is 0 Å². The molecule has 90 valence electrons. The van der Waals surface area contributed by atoms with E-state index in [1.54, 1.807) is 13.0 Å². The van der Waals surface area contributed by atoms with E-state index < -0.39 is 10.0 Å². The fourth-order valence-corrected chi connectivity index (χ4v) is 2.81. The Balaban J connectivity index is 2.84. The summed E-state index contributed by atoms with van der Waals surface area (Å²) in [7, 11) is -3.30. The molecule has 0 spiro atoms. The number of anilines is 1. The van der Waals surface area contributed by atoms with E-state index in [1.807, 2.05) is 13.8 Å². The van der Waals surface area contributed by atoms with Gasteiger partial charge < -0.3 is 0 Å². The van der Waals surface area contributed by atoms with Crippen molar-refractivity contribution in [3.8, 4) is 0 Å². The van der Waals surface area contributed by atoms with E-state index in [1.165, 1.54) is 6.20 Å². The highest BCUT2D eigenvalue weighted by atomic mass is 35.5. The second-order valence-corrected chi connectivity index (χ2v) is 6.23. The number of rotatable bonds is 4. The third-order valence-electron chi connectivity index (χ3n) is 1.84. The summed E-state index contributed by atoms with van der Waals surface area (Å²) in [5.41, 5.74) is 1.19. The van der Waals surface area contributed by atoms with Gasteiger partial charge in [-0.3, -0.25) is 4.72 Å². The molecule has 1 N–H and O–H groups in total. The van der Waals surface area contributed by atoms with Crippen LogP contribution in [-0.4, -0.2) is 19.2 Å². The number of halogens is 1. The molecular formula is C10H15ClN2O2S. The molecule has 0 aliphatic rings. The highest BCUT2D eigenvalue weighted by Crippen LogP contribution is 2.17. The molecule has 0 radical (unpaired) electrons. The molecule has 0 aliphatic carbocycles. The van der Waals surface area contributed by atoms with Crippen LogP contribution in [0.1, 0.15) is 19.4 Å². The summed E-state index contributed by atoms with van der Waals surface area (Å²) >= 11 is 5.75. The average Bonchev–Trinajstić information content (AvgIpc) is 2.08. The molecule has 0 amide bonds. The number of nitrogens with zero attached hydrogens (tertiary/aromatic N) is 1. The second-order valence-electron chi connectivity index (χ2n) is 4.11. The number of hydrogen-bond acceptors (Lipinski definition) is 3. The minimum absolute atomic E-state index is 0.0823. The summed E-state index contributed by atoms with van der Waals surface area (Å²) in [6.07, 6.45) is 1.41. The summed E-state index contributed by atoms with van der Waals surface area (Å²) in [6.45, 7) is 5.48. The lowest BCUT2D eigenvalue weighted by atomic mass is 10.3. The zero-order valence-corrected chi connectivity index (χ0v) is 11.1. The normalized spacial score (nSPS) is 11.8. The molecule has 6 heteroatoms. The number of sulfonamides is 1. The topological polar surface area (TPSA) is 59.1 Å². The van der Waals surface area contributed by atoms with Crippen molar-refractivity contribution in [3.05, 3.63) is 23.0 Å². The van der Waals surface area contributed by atoms with Gasteiger partial charge >= 0.3 is 0 Å². The Hall–Kier alpha value is -0.810. The number of pyridine rings is 1. The maximum absolute atomic E-state index is 11.6. The first-order valence-corrected chi connectivity index (χ1v) is 6.96. The van der Waals surface area contributed by atoms with Gasteiger partial charge in [-0.25, -0.2) is 13.4 Å². The minimum Gasteiger partial charge on any atom is -0.282 e. The summed E-state index contributed by atoms with van der Waals surface area (Å²) in [6, 6.07) is 1.66. The lowest BCUT2D eigenvalue weighted by Crippen LogP contribution is -2.20. The third-order valence-corrected chi connectivity index (χ3v) is 3.89. The molecule has 0 saturated carbocycles. The molecule has 0 saturated heterocycles. The number of nitrogens with one attached hydrogen (secondary N) is 1. The Bertz CT molecular complexity index is 472. The van der Waals surface area contributed by atoms with Gasteiger partial charge in [0.1, 0.15) is 5.15 Å². The molecule has 1 aromatic heterocycles. The van der Waals surface area contributed by atoms with E-state index in [2.05, 4.69) is 9.71 Å². The zero-order chi connectivity index (χ0) is 12.3. The molecule has 0 fully saturated rings. The number of hydrogen-bond donors (Lipinski definition) is 1. The van der Waals surface area contributed by atoms with Gasteiger partial charge in [0.15, 0.2) is 0 Å². The first-order valence-electron chi connectivity index (χ1n) is 4.93. The van der Waals surface area contributed by atoms with Crippen LogP contribution in [0.2, 0.25) is 5.15 Å². The lowest BCUT2D eigenvalue weighted by molar-refractivity contribution is 0.587. The lowest BCUT2D eigenvalue weighted by Gasteiger charge is -2.10. The predicted molar refractivity (Wildman–Crippen MR) is 66.2 cm³/mol. The molecule has 0 aliphatic heterocycles. The van der Waals surface area contributed by atoms with Crippen molar-refractivity contribution in [2.75, 3.05) is 10.5 Å². The summed E-state index contributed by atoms with van der Waals surface area (Å²) in [4.78, 5) is 3.88. The maximum atomic E-state index is 11.6. The van der Waals surface area contributed by atoms with E-state index >= 15 is 0 Å². The van der Waals surface area contributed by atoms with Gasteiger partial charge in [0.2, 0.25) is 10.0 Å². The van der Waals surface area contributed by atoms with E-state index in [4.69, 9.17) is 11.6 Å². The second kappa shape index (κ2) is 5.01. The molecule has 16 heavy (non-hydrogen) atoms. The van der Waals surface area contributed by atoms with Gasteiger partial charge in [0.05, 0.1) is 17.6 Å². The third kappa shape index (κ3) is 3.98. The van der Waals surface area contributed by atoms with Crippen LogP contribution < -0.4 is 4.72 Å². The molecule has 0 aromatic carbocycles. The largest absolute Gasteiger partial charge is 0.282 e. The van der Waals surface area contributed by atoms with Crippen LogP contribution >= 0.6 is 11.6 Å². The predicted octanol–water partition coefficient (Wildman–Crippen LogP) is 2.44. The fourth-order valence-electron chi connectivity index (χ4n) is 1.27. The van der Waals surface area contributed by atoms with Gasteiger partial charge in [-0.2, -0.15) is 0 Å². The van der Waals surface area contributed by atoms with Gasteiger partial charge in [-0.1, -0.05) is 25.4 Å². The molecule has 0 bridgehead atoms. The van der Waals surface area contributed by atoms with Gasteiger partial charge in [0, 0.05) is 0 Å². The maximum Gasteiger partial charge on any atom is 0.233 e. The van der Waals surface area contributed by atoms with Crippen molar-refractivity contribution in [2.45, 2.75) is 20.8 Å². The van der Waals surface area contributed by atoms with Gasteiger partial charge in [-0.15, -0.1) is 0 Å². The van der Waals surface area contributed by atoms with Crippen LogP contribution in [0.15, 0.2) is 12.3 Å². The van der Waals surface area contributed by atoms with Crippen LogP contribution in [0.3, 0.4) is 0 Å². The Morgan fingerprint density at radius 1 is 1.50 bits per heavy atom. The fraction of sp³-hybridized carbons (Fsp3) is 0.500. The Kier molecular flexibility index (Phi) is 4.15. The summed E-state index contributed by atoms with van der Waals surface area (Å²) in [5.74, 6) is 0.174. The van der Waals surface area contributed by atoms with Crippen molar-refractivity contribution in [2.24, 2.45) is 5.92 Å². The molecule has 4 nitrogen and oxygen atoms in total. The first-order chi connectivity index (χ1) is 7.30. The quantitative estimate of drug-likeness (QED) is 0.848. The summed E-state index contributed by atoms with van der Waals surface area (Å²) < 4.78 is 25.7. The van der Waals surface area contributed by atoms with Crippen molar-refractivity contribution < 1.29 is 8.42 Å². The van der Waals surface area contributed by atoms with Crippen LogP contribution in [0.4, 0.5) is 5.69 Å².